The predicted molar refractivity (Wildman–Crippen MR) is 89.4 cm³/mol. The van der Waals surface area contributed by atoms with Gasteiger partial charge in [0.15, 0.2) is 0 Å². The fourth-order valence-electron chi connectivity index (χ4n) is 4.35. The molecule has 0 aromatic heterocycles. The summed E-state index contributed by atoms with van der Waals surface area (Å²) >= 11 is 0. The molecular formula is C19H24N2O2. The van der Waals surface area contributed by atoms with E-state index in [0.717, 1.165) is 35.9 Å². The summed E-state index contributed by atoms with van der Waals surface area (Å²) in [6, 6.07) is 5.79. The molecule has 1 aromatic carbocycles. The van der Waals surface area contributed by atoms with E-state index in [1.54, 1.807) is 0 Å². The second-order valence-electron chi connectivity index (χ2n) is 7.32. The van der Waals surface area contributed by atoms with Crippen molar-refractivity contribution in [3.63, 3.8) is 0 Å². The molecule has 0 spiro atoms. The number of hydrogen-bond donors (Lipinski definition) is 1. The number of rotatable bonds is 1. The van der Waals surface area contributed by atoms with Crippen LogP contribution in [0.2, 0.25) is 0 Å². The number of benzene rings is 1. The Balaban J connectivity index is 1.62. The number of nitrogens with one attached hydrogen (secondary N) is 1. The zero-order valence-electron chi connectivity index (χ0n) is 13.7. The Labute approximate surface area is 137 Å². The van der Waals surface area contributed by atoms with Crippen LogP contribution in [0.25, 0.3) is 0 Å². The highest BCUT2D eigenvalue weighted by atomic mass is 16.2. The number of aryl methyl sites for hydroxylation is 1. The van der Waals surface area contributed by atoms with Crippen molar-refractivity contribution in [1.29, 1.82) is 0 Å². The van der Waals surface area contributed by atoms with Crippen LogP contribution in [0.5, 0.6) is 0 Å². The predicted octanol–water partition coefficient (Wildman–Crippen LogP) is 2.90. The first kappa shape index (κ1) is 14.7. The van der Waals surface area contributed by atoms with Crippen molar-refractivity contribution in [2.24, 2.45) is 17.8 Å². The maximum atomic E-state index is 13.1. The Morgan fingerprint density at radius 2 is 1.91 bits per heavy atom. The van der Waals surface area contributed by atoms with Crippen molar-refractivity contribution in [2.75, 3.05) is 18.0 Å². The van der Waals surface area contributed by atoms with E-state index in [-0.39, 0.29) is 17.7 Å². The summed E-state index contributed by atoms with van der Waals surface area (Å²) in [7, 11) is 0. The van der Waals surface area contributed by atoms with E-state index < -0.39 is 0 Å². The van der Waals surface area contributed by atoms with Crippen LogP contribution in [-0.2, 0) is 4.79 Å². The monoisotopic (exact) mass is 312 g/mol. The van der Waals surface area contributed by atoms with Crippen LogP contribution in [0.4, 0.5) is 5.69 Å². The van der Waals surface area contributed by atoms with E-state index in [1.807, 2.05) is 30.0 Å². The molecule has 122 valence electrons. The molecule has 4 rings (SSSR count). The zero-order valence-corrected chi connectivity index (χ0v) is 13.7. The minimum Gasteiger partial charge on any atom is -0.350 e. The first-order chi connectivity index (χ1) is 11.1. The molecule has 2 aliphatic carbocycles. The van der Waals surface area contributed by atoms with E-state index in [9.17, 15) is 9.59 Å². The van der Waals surface area contributed by atoms with Crippen LogP contribution < -0.4 is 10.2 Å². The lowest BCUT2D eigenvalue weighted by Crippen LogP contribution is -2.39. The number of hydrogen-bond acceptors (Lipinski definition) is 2. The topological polar surface area (TPSA) is 49.4 Å². The Hall–Kier alpha value is -1.84. The summed E-state index contributed by atoms with van der Waals surface area (Å²) in [6.45, 7) is 3.03. The molecule has 2 saturated carbocycles. The average molecular weight is 312 g/mol. The number of fused-ring (bicyclic) bond motifs is 2. The Morgan fingerprint density at radius 1 is 1.17 bits per heavy atom. The Bertz CT molecular complexity index is 643. The molecule has 0 radical (unpaired) electrons. The minimum absolute atomic E-state index is 0.0597. The summed E-state index contributed by atoms with van der Waals surface area (Å²) < 4.78 is 0. The molecule has 2 fully saturated rings. The summed E-state index contributed by atoms with van der Waals surface area (Å²) in [5.41, 5.74) is 2.39. The van der Waals surface area contributed by atoms with Gasteiger partial charge in [-0.05, 0) is 62.5 Å². The van der Waals surface area contributed by atoms with Gasteiger partial charge < -0.3 is 10.2 Å². The highest BCUT2D eigenvalue weighted by Crippen LogP contribution is 2.49. The molecule has 2 unspecified atom stereocenters. The van der Waals surface area contributed by atoms with Gasteiger partial charge in [0.1, 0.15) is 0 Å². The van der Waals surface area contributed by atoms with Gasteiger partial charge in [-0.15, -0.1) is 0 Å². The van der Waals surface area contributed by atoms with Crippen LogP contribution in [0.15, 0.2) is 18.2 Å². The molecule has 1 aliphatic heterocycles. The lowest BCUT2D eigenvalue weighted by Gasteiger charge is -2.27. The molecule has 23 heavy (non-hydrogen) atoms. The van der Waals surface area contributed by atoms with Crippen LogP contribution in [0.3, 0.4) is 0 Å². The quantitative estimate of drug-likeness (QED) is 0.867. The molecule has 0 bridgehead atoms. The van der Waals surface area contributed by atoms with Crippen molar-refractivity contribution in [1.82, 2.24) is 5.32 Å². The molecule has 1 heterocycles. The molecule has 2 atom stereocenters. The van der Waals surface area contributed by atoms with Crippen molar-refractivity contribution in [2.45, 2.75) is 39.0 Å². The largest absolute Gasteiger partial charge is 0.350 e. The van der Waals surface area contributed by atoms with Crippen LogP contribution in [-0.4, -0.2) is 24.9 Å². The number of nitrogens with zero attached hydrogens (tertiary/aromatic N) is 1. The molecule has 0 saturated heterocycles. The first-order valence-electron chi connectivity index (χ1n) is 8.84. The maximum Gasteiger partial charge on any atom is 0.253 e. The van der Waals surface area contributed by atoms with Crippen LogP contribution in [0.1, 0.15) is 48.0 Å². The van der Waals surface area contributed by atoms with Gasteiger partial charge in [0.25, 0.3) is 5.91 Å². The third-order valence-corrected chi connectivity index (χ3v) is 5.85. The number of carbonyl (C=O) groups is 2. The molecule has 4 nitrogen and oxygen atoms in total. The van der Waals surface area contributed by atoms with E-state index in [4.69, 9.17) is 0 Å². The number of anilines is 1. The molecule has 1 N–H and O–H groups in total. The van der Waals surface area contributed by atoms with Gasteiger partial charge >= 0.3 is 0 Å². The highest BCUT2D eigenvalue weighted by Gasteiger charge is 2.41. The smallest absolute Gasteiger partial charge is 0.253 e. The molecule has 1 aromatic rings. The zero-order chi connectivity index (χ0) is 16.0. The van der Waals surface area contributed by atoms with E-state index >= 15 is 0 Å². The van der Waals surface area contributed by atoms with Gasteiger partial charge in [-0.1, -0.05) is 12.1 Å². The van der Waals surface area contributed by atoms with Gasteiger partial charge in [0.2, 0.25) is 5.91 Å². The lowest BCUT2D eigenvalue weighted by molar-refractivity contribution is -0.122. The van der Waals surface area contributed by atoms with Crippen molar-refractivity contribution in [3.8, 4) is 0 Å². The highest BCUT2D eigenvalue weighted by molar-refractivity contribution is 6.07. The summed E-state index contributed by atoms with van der Waals surface area (Å²) in [5, 5.41) is 2.92. The van der Waals surface area contributed by atoms with Crippen molar-refractivity contribution >= 4 is 17.5 Å². The molecule has 4 heteroatoms. The van der Waals surface area contributed by atoms with Crippen molar-refractivity contribution in [3.05, 3.63) is 29.3 Å². The summed E-state index contributed by atoms with van der Waals surface area (Å²) in [4.78, 5) is 27.3. The van der Waals surface area contributed by atoms with Gasteiger partial charge in [-0.2, -0.15) is 0 Å². The van der Waals surface area contributed by atoms with Gasteiger partial charge in [-0.3, -0.25) is 9.59 Å². The second kappa shape index (κ2) is 5.66. The Kier molecular flexibility index (Phi) is 3.63. The number of carbonyl (C=O) groups excluding carboxylic acids is 2. The van der Waals surface area contributed by atoms with Gasteiger partial charge in [0, 0.05) is 19.0 Å². The summed E-state index contributed by atoms with van der Waals surface area (Å²) in [6.07, 6.45) is 5.81. The van der Waals surface area contributed by atoms with E-state index in [2.05, 4.69) is 5.32 Å². The van der Waals surface area contributed by atoms with E-state index in [0.29, 0.717) is 18.7 Å². The molecule has 3 aliphatic rings. The standard InChI is InChI=1S/C19H24N2O2/c1-12-3-2-4-16-17(12)18(22)20-9-10-21(16)19(23)13-5-7-14-11-15(14)8-6-13/h2-4,13-15H,5-11H2,1H3,(H,20,22). The Morgan fingerprint density at radius 3 is 2.65 bits per heavy atom. The lowest BCUT2D eigenvalue weighted by atomic mass is 9.96. The van der Waals surface area contributed by atoms with Gasteiger partial charge in [0.05, 0.1) is 11.3 Å². The first-order valence-corrected chi connectivity index (χ1v) is 8.84. The van der Waals surface area contributed by atoms with Crippen LogP contribution >= 0.6 is 0 Å². The van der Waals surface area contributed by atoms with Crippen molar-refractivity contribution < 1.29 is 9.59 Å². The fourth-order valence-corrected chi connectivity index (χ4v) is 4.35. The maximum absolute atomic E-state index is 13.1. The third-order valence-electron chi connectivity index (χ3n) is 5.85. The van der Waals surface area contributed by atoms with Gasteiger partial charge in [-0.25, -0.2) is 0 Å². The third kappa shape index (κ3) is 2.64. The molecule has 2 amide bonds. The van der Waals surface area contributed by atoms with E-state index in [1.165, 1.54) is 19.3 Å². The normalized spacial score (nSPS) is 29.7. The van der Waals surface area contributed by atoms with Crippen LogP contribution in [0, 0.1) is 24.7 Å². The second-order valence-corrected chi connectivity index (χ2v) is 7.32. The average Bonchev–Trinajstić information content (AvgIpc) is 3.30. The minimum atomic E-state index is -0.0597. The number of amides is 2. The molecular weight excluding hydrogens is 288 g/mol. The summed E-state index contributed by atoms with van der Waals surface area (Å²) in [5.74, 6) is 2.05. The SMILES string of the molecule is Cc1cccc2c1C(=O)NCCN2C(=O)C1CCC2CC2CC1. The fraction of sp³-hybridized carbons (Fsp3) is 0.579.